The summed E-state index contributed by atoms with van der Waals surface area (Å²) in [6.07, 6.45) is 4.81. The lowest BCUT2D eigenvalue weighted by atomic mass is 9.90. The molecule has 3 aliphatic rings. The molecular weight excluding hydrogens is 156 g/mol. The van der Waals surface area contributed by atoms with Gasteiger partial charge in [0, 0.05) is 7.11 Å². The normalized spacial score (nSPS) is 56.2. The Labute approximate surface area is 72.0 Å². The fraction of sp³-hybridized carbons (Fsp3) is 1.00. The van der Waals surface area contributed by atoms with Crippen molar-refractivity contribution in [3.05, 3.63) is 0 Å². The summed E-state index contributed by atoms with van der Waals surface area (Å²) in [6.45, 7) is 0.792. The summed E-state index contributed by atoms with van der Waals surface area (Å²) < 4.78 is 16.5. The molecule has 1 saturated carbocycles. The van der Waals surface area contributed by atoms with E-state index in [9.17, 15) is 0 Å². The van der Waals surface area contributed by atoms with E-state index in [1.165, 1.54) is 12.8 Å². The van der Waals surface area contributed by atoms with E-state index in [1.807, 2.05) is 0 Å². The first kappa shape index (κ1) is 7.30. The molecule has 68 valence electrons. The molecule has 12 heavy (non-hydrogen) atoms. The minimum absolute atomic E-state index is 0.0417. The fourth-order valence-electron chi connectivity index (χ4n) is 2.94. The number of hydrogen-bond donors (Lipinski definition) is 0. The zero-order valence-corrected chi connectivity index (χ0v) is 7.34. The maximum Gasteiger partial charge on any atom is 0.314 e. The van der Waals surface area contributed by atoms with Crippen LogP contribution < -0.4 is 0 Å². The van der Waals surface area contributed by atoms with E-state index in [0.29, 0.717) is 5.92 Å². The molecule has 3 rings (SSSR count). The van der Waals surface area contributed by atoms with Crippen LogP contribution in [0, 0.1) is 5.92 Å². The van der Waals surface area contributed by atoms with Crippen LogP contribution in [0.1, 0.15) is 25.7 Å². The van der Waals surface area contributed by atoms with Crippen LogP contribution in [0.4, 0.5) is 0 Å². The molecule has 1 spiro atoms. The summed E-state index contributed by atoms with van der Waals surface area (Å²) in [5.74, 6) is 0.0538. The van der Waals surface area contributed by atoms with Crippen molar-refractivity contribution in [1.29, 1.82) is 0 Å². The third kappa shape index (κ3) is 0.605. The van der Waals surface area contributed by atoms with Crippen molar-refractivity contribution in [3.8, 4) is 0 Å². The van der Waals surface area contributed by atoms with Crippen molar-refractivity contribution in [2.75, 3.05) is 13.7 Å². The molecule has 0 aromatic heterocycles. The summed E-state index contributed by atoms with van der Waals surface area (Å²) in [5.41, 5.74) is -0.0417. The Kier molecular flexibility index (Phi) is 1.23. The first-order chi connectivity index (χ1) is 5.83. The third-order valence-corrected chi connectivity index (χ3v) is 3.58. The van der Waals surface area contributed by atoms with Gasteiger partial charge in [0.05, 0.1) is 6.61 Å². The minimum Gasteiger partial charge on any atom is -0.328 e. The summed E-state index contributed by atoms with van der Waals surface area (Å²) in [7, 11) is 1.68. The van der Waals surface area contributed by atoms with Gasteiger partial charge in [0.2, 0.25) is 0 Å². The maximum atomic E-state index is 5.68. The van der Waals surface area contributed by atoms with Gasteiger partial charge in [0.1, 0.15) is 0 Å². The van der Waals surface area contributed by atoms with Gasteiger partial charge in [-0.2, -0.15) is 0 Å². The molecule has 1 aliphatic carbocycles. The molecule has 3 heteroatoms. The van der Waals surface area contributed by atoms with Gasteiger partial charge in [-0.1, -0.05) is 0 Å². The Hall–Kier alpha value is -0.120. The lowest BCUT2D eigenvalue weighted by molar-refractivity contribution is -0.225. The molecule has 0 aromatic rings. The Morgan fingerprint density at radius 1 is 1.42 bits per heavy atom. The second-order valence-electron chi connectivity index (χ2n) is 3.98. The van der Waals surface area contributed by atoms with Crippen LogP contribution in [0.5, 0.6) is 0 Å². The van der Waals surface area contributed by atoms with E-state index in [0.717, 1.165) is 19.4 Å². The number of epoxide rings is 1. The first-order valence-corrected chi connectivity index (χ1v) is 4.72. The fourth-order valence-corrected chi connectivity index (χ4v) is 2.94. The molecule has 2 saturated heterocycles. The van der Waals surface area contributed by atoms with Crippen molar-refractivity contribution < 1.29 is 14.2 Å². The highest BCUT2D eigenvalue weighted by Gasteiger charge is 2.79. The van der Waals surface area contributed by atoms with Crippen LogP contribution in [-0.2, 0) is 14.2 Å². The molecule has 2 heterocycles. The van der Waals surface area contributed by atoms with Gasteiger partial charge in [-0.15, -0.1) is 0 Å². The molecule has 0 bridgehead atoms. The maximum absolute atomic E-state index is 5.68. The molecular formula is C9H14O3. The molecule has 0 unspecified atom stereocenters. The van der Waals surface area contributed by atoms with E-state index in [2.05, 4.69) is 0 Å². The van der Waals surface area contributed by atoms with Crippen molar-refractivity contribution in [2.45, 2.75) is 37.3 Å². The van der Waals surface area contributed by atoms with Crippen LogP contribution in [0.2, 0.25) is 0 Å². The Morgan fingerprint density at radius 3 is 3.17 bits per heavy atom. The lowest BCUT2D eigenvalue weighted by Gasteiger charge is -2.25. The van der Waals surface area contributed by atoms with Gasteiger partial charge in [-0.25, -0.2) is 0 Å². The second-order valence-corrected chi connectivity index (χ2v) is 3.98. The number of ether oxygens (including phenoxy) is 3. The molecule has 3 nitrogen and oxygen atoms in total. The van der Waals surface area contributed by atoms with Gasteiger partial charge >= 0.3 is 5.97 Å². The van der Waals surface area contributed by atoms with Crippen molar-refractivity contribution in [1.82, 2.24) is 0 Å². The number of hydrogen-bond acceptors (Lipinski definition) is 3. The Balaban J connectivity index is 1.93. The largest absolute Gasteiger partial charge is 0.328 e. The Morgan fingerprint density at radius 2 is 2.33 bits per heavy atom. The average Bonchev–Trinajstić information content (AvgIpc) is 2.59. The SMILES string of the molecule is CO[C@]12OCC[C@@H]3CCC[C@@]31O2. The van der Waals surface area contributed by atoms with Crippen LogP contribution >= 0.6 is 0 Å². The van der Waals surface area contributed by atoms with Crippen molar-refractivity contribution in [3.63, 3.8) is 0 Å². The van der Waals surface area contributed by atoms with Crippen LogP contribution in [0.15, 0.2) is 0 Å². The molecule has 3 atom stereocenters. The topological polar surface area (TPSA) is 31.0 Å². The molecule has 0 radical (unpaired) electrons. The Bertz CT molecular complexity index is 218. The summed E-state index contributed by atoms with van der Waals surface area (Å²) >= 11 is 0. The highest BCUT2D eigenvalue weighted by Crippen LogP contribution is 2.64. The first-order valence-electron chi connectivity index (χ1n) is 4.72. The van der Waals surface area contributed by atoms with E-state index < -0.39 is 5.97 Å². The summed E-state index contributed by atoms with van der Waals surface area (Å²) in [6, 6.07) is 0. The zero-order chi connectivity index (χ0) is 8.23. The van der Waals surface area contributed by atoms with Gasteiger partial charge in [-0.3, -0.25) is 0 Å². The second kappa shape index (κ2) is 2.03. The third-order valence-electron chi connectivity index (χ3n) is 3.58. The molecule has 2 aliphatic heterocycles. The minimum atomic E-state index is -0.633. The lowest BCUT2D eigenvalue weighted by Crippen LogP contribution is -2.39. The van der Waals surface area contributed by atoms with E-state index in [4.69, 9.17) is 14.2 Å². The molecule has 0 aromatic carbocycles. The number of methoxy groups -OCH3 is 1. The predicted octanol–water partition coefficient (Wildman–Crippen LogP) is 1.28. The zero-order valence-electron chi connectivity index (χ0n) is 7.34. The smallest absolute Gasteiger partial charge is 0.314 e. The summed E-state index contributed by atoms with van der Waals surface area (Å²) in [5, 5.41) is 0. The van der Waals surface area contributed by atoms with Crippen LogP contribution in [-0.4, -0.2) is 25.3 Å². The van der Waals surface area contributed by atoms with Crippen molar-refractivity contribution in [2.24, 2.45) is 5.92 Å². The van der Waals surface area contributed by atoms with Gasteiger partial charge in [0.15, 0.2) is 5.60 Å². The quantitative estimate of drug-likeness (QED) is 0.555. The monoisotopic (exact) mass is 170 g/mol. The summed E-state index contributed by atoms with van der Waals surface area (Å²) in [4.78, 5) is 0. The van der Waals surface area contributed by atoms with Crippen molar-refractivity contribution >= 4 is 0 Å². The molecule has 0 N–H and O–H groups in total. The van der Waals surface area contributed by atoms with Crippen LogP contribution in [0.3, 0.4) is 0 Å². The van der Waals surface area contributed by atoms with E-state index in [1.54, 1.807) is 7.11 Å². The van der Waals surface area contributed by atoms with E-state index in [-0.39, 0.29) is 5.60 Å². The van der Waals surface area contributed by atoms with Gasteiger partial charge in [0.25, 0.3) is 0 Å². The highest BCUT2D eigenvalue weighted by molar-refractivity contribution is 5.13. The standard InChI is InChI=1S/C9H14O3/c1-10-9-8(12-9)5-2-3-7(8)4-6-11-9/h7H,2-6H2,1H3/t7-,8+,9-/m0/s1. The van der Waals surface area contributed by atoms with Crippen LogP contribution in [0.25, 0.3) is 0 Å². The number of rotatable bonds is 1. The molecule has 0 amide bonds. The highest BCUT2D eigenvalue weighted by atomic mass is 17.0. The van der Waals surface area contributed by atoms with Gasteiger partial charge in [-0.05, 0) is 31.6 Å². The predicted molar refractivity (Wildman–Crippen MR) is 41.5 cm³/mol. The average molecular weight is 170 g/mol. The van der Waals surface area contributed by atoms with E-state index >= 15 is 0 Å². The van der Waals surface area contributed by atoms with Gasteiger partial charge < -0.3 is 14.2 Å². The molecule has 3 fully saturated rings.